The van der Waals surface area contributed by atoms with Crippen LogP contribution >= 0.6 is 0 Å². The van der Waals surface area contributed by atoms with Crippen molar-refractivity contribution < 1.29 is 28.8 Å². The summed E-state index contributed by atoms with van der Waals surface area (Å²) in [6.45, 7) is 0.108. The molecule has 2 aromatic rings. The molecule has 7 heteroatoms. The van der Waals surface area contributed by atoms with Gasteiger partial charge >= 0.3 is 0 Å². The third-order valence-electron chi connectivity index (χ3n) is 4.59. The number of fused-ring (bicyclic) bond motifs is 1. The second kappa shape index (κ2) is 8.37. The van der Waals surface area contributed by atoms with Crippen molar-refractivity contribution in [3.8, 4) is 28.7 Å². The maximum Gasteiger partial charge on any atom is 0.231 e. The molecule has 0 saturated carbocycles. The SMILES string of the molecule is COc1ccc([C@H](N)C[C@H](O)Cc2cc(OC)c3c(c2OC)OCO3)cc1. The minimum absolute atomic E-state index is 0.108. The quantitative estimate of drug-likeness (QED) is 0.732. The highest BCUT2D eigenvalue weighted by Gasteiger charge is 2.28. The normalized spacial score (nSPS) is 14.6. The van der Waals surface area contributed by atoms with Crippen LogP contribution in [0.15, 0.2) is 30.3 Å². The molecule has 0 aromatic heterocycles. The van der Waals surface area contributed by atoms with Gasteiger partial charge in [0.2, 0.25) is 18.3 Å². The van der Waals surface area contributed by atoms with E-state index in [-0.39, 0.29) is 12.8 Å². The molecule has 1 heterocycles. The van der Waals surface area contributed by atoms with E-state index < -0.39 is 6.10 Å². The summed E-state index contributed by atoms with van der Waals surface area (Å²) in [4.78, 5) is 0. The van der Waals surface area contributed by atoms with E-state index in [9.17, 15) is 5.11 Å². The fourth-order valence-electron chi connectivity index (χ4n) is 3.21. The lowest BCUT2D eigenvalue weighted by atomic mass is 9.96. The molecular formula is C20H25NO6. The van der Waals surface area contributed by atoms with Crippen molar-refractivity contribution in [3.05, 3.63) is 41.5 Å². The van der Waals surface area contributed by atoms with Crippen LogP contribution in [0.5, 0.6) is 28.7 Å². The minimum atomic E-state index is -0.666. The van der Waals surface area contributed by atoms with Gasteiger partial charge in [-0.3, -0.25) is 0 Å². The Hall–Kier alpha value is -2.64. The number of benzene rings is 2. The van der Waals surface area contributed by atoms with E-state index in [4.69, 9.17) is 29.4 Å². The van der Waals surface area contributed by atoms with Crippen LogP contribution in [0.3, 0.4) is 0 Å². The molecule has 0 amide bonds. The molecule has 0 aliphatic carbocycles. The average Bonchev–Trinajstić information content (AvgIpc) is 3.17. The molecule has 0 saturated heterocycles. The molecule has 0 radical (unpaired) electrons. The second-order valence-electron chi connectivity index (χ2n) is 6.31. The summed E-state index contributed by atoms with van der Waals surface area (Å²) in [5.74, 6) is 2.87. The molecule has 146 valence electrons. The Morgan fingerprint density at radius 1 is 1.04 bits per heavy atom. The molecule has 1 aliphatic heterocycles. The molecule has 2 atom stereocenters. The van der Waals surface area contributed by atoms with Crippen molar-refractivity contribution in [1.29, 1.82) is 0 Å². The average molecular weight is 375 g/mol. The fourth-order valence-corrected chi connectivity index (χ4v) is 3.21. The maximum absolute atomic E-state index is 10.6. The van der Waals surface area contributed by atoms with Crippen molar-refractivity contribution in [1.82, 2.24) is 0 Å². The van der Waals surface area contributed by atoms with Gasteiger partial charge in [-0.2, -0.15) is 0 Å². The monoisotopic (exact) mass is 375 g/mol. The molecule has 27 heavy (non-hydrogen) atoms. The van der Waals surface area contributed by atoms with Gasteiger partial charge in [0, 0.05) is 18.0 Å². The first kappa shape index (κ1) is 19.1. The van der Waals surface area contributed by atoms with Gasteiger partial charge in [-0.1, -0.05) is 12.1 Å². The highest BCUT2D eigenvalue weighted by Crippen LogP contribution is 2.49. The van der Waals surface area contributed by atoms with Crippen LogP contribution in [-0.4, -0.2) is 39.3 Å². The van der Waals surface area contributed by atoms with Crippen LogP contribution in [0.1, 0.15) is 23.6 Å². The largest absolute Gasteiger partial charge is 0.497 e. The number of hydrogen-bond donors (Lipinski definition) is 2. The van der Waals surface area contributed by atoms with Gasteiger partial charge in [-0.25, -0.2) is 0 Å². The Bertz CT molecular complexity index is 777. The fraction of sp³-hybridized carbons (Fsp3) is 0.400. The first-order chi connectivity index (χ1) is 13.1. The van der Waals surface area contributed by atoms with Gasteiger partial charge in [-0.15, -0.1) is 0 Å². The number of hydrogen-bond acceptors (Lipinski definition) is 7. The zero-order valence-electron chi connectivity index (χ0n) is 15.7. The van der Waals surface area contributed by atoms with Gasteiger partial charge in [0.15, 0.2) is 11.5 Å². The summed E-state index contributed by atoms with van der Waals surface area (Å²) >= 11 is 0. The van der Waals surface area contributed by atoms with E-state index >= 15 is 0 Å². The maximum atomic E-state index is 10.6. The van der Waals surface area contributed by atoms with Crippen molar-refractivity contribution >= 4 is 0 Å². The van der Waals surface area contributed by atoms with Crippen LogP contribution in [0.2, 0.25) is 0 Å². The van der Waals surface area contributed by atoms with Crippen LogP contribution in [-0.2, 0) is 6.42 Å². The summed E-state index contributed by atoms with van der Waals surface area (Å²) in [5.41, 5.74) is 7.96. The lowest BCUT2D eigenvalue weighted by Crippen LogP contribution is -2.21. The number of methoxy groups -OCH3 is 3. The van der Waals surface area contributed by atoms with Crippen molar-refractivity contribution in [2.24, 2.45) is 5.73 Å². The molecule has 0 spiro atoms. The summed E-state index contributed by atoms with van der Waals surface area (Å²) < 4.78 is 27.0. The van der Waals surface area contributed by atoms with E-state index in [1.165, 1.54) is 0 Å². The Kier molecular flexibility index (Phi) is 5.93. The van der Waals surface area contributed by atoms with E-state index in [2.05, 4.69) is 0 Å². The number of nitrogens with two attached hydrogens (primary N) is 1. The van der Waals surface area contributed by atoms with Gasteiger partial charge in [0.1, 0.15) is 5.75 Å². The van der Waals surface area contributed by atoms with Gasteiger partial charge < -0.3 is 34.5 Å². The summed E-state index contributed by atoms with van der Waals surface area (Å²) in [6, 6.07) is 9.02. The molecular weight excluding hydrogens is 350 g/mol. The first-order valence-electron chi connectivity index (χ1n) is 8.68. The van der Waals surface area contributed by atoms with E-state index in [1.54, 1.807) is 27.4 Å². The molecule has 3 N–H and O–H groups in total. The van der Waals surface area contributed by atoms with Crippen molar-refractivity contribution in [2.45, 2.75) is 25.0 Å². The Morgan fingerprint density at radius 3 is 2.37 bits per heavy atom. The smallest absolute Gasteiger partial charge is 0.231 e. The number of ether oxygens (including phenoxy) is 5. The van der Waals surface area contributed by atoms with E-state index in [1.807, 2.05) is 24.3 Å². The van der Waals surface area contributed by atoms with E-state index in [0.29, 0.717) is 35.8 Å². The summed E-state index contributed by atoms with van der Waals surface area (Å²) in [6.07, 6.45) is 0.0767. The van der Waals surface area contributed by atoms with Crippen LogP contribution in [0.4, 0.5) is 0 Å². The third kappa shape index (κ3) is 4.04. The number of rotatable bonds is 8. The Balaban J connectivity index is 1.74. The van der Waals surface area contributed by atoms with Crippen molar-refractivity contribution in [3.63, 3.8) is 0 Å². The highest BCUT2D eigenvalue weighted by atomic mass is 16.7. The molecule has 7 nitrogen and oxygen atoms in total. The predicted molar refractivity (Wildman–Crippen MR) is 99.9 cm³/mol. The highest BCUT2D eigenvalue weighted by molar-refractivity contribution is 5.64. The third-order valence-corrected chi connectivity index (χ3v) is 4.59. The summed E-state index contributed by atoms with van der Waals surface area (Å²) in [5, 5.41) is 10.6. The molecule has 3 rings (SSSR count). The van der Waals surface area contributed by atoms with Gasteiger partial charge in [0.05, 0.1) is 27.4 Å². The van der Waals surface area contributed by atoms with Gasteiger partial charge in [-0.05, 0) is 30.2 Å². The van der Waals surface area contributed by atoms with Crippen LogP contribution < -0.4 is 29.4 Å². The van der Waals surface area contributed by atoms with E-state index in [0.717, 1.165) is 16.9 Å². The standard InChI is InChI=1S/C20H25NO6/c1-23-15-6-4-12(5-7-15)16(21)10-14(22)8-13-9-17(24-2)19-20(18(13)25-3)27-11-26-19/h4-7,9,14,16,22H,8,10-11,21H2,1-3H3/t14-,16-/m1/s1. The van der Waals surface area contributed by atoms with Crippen LogP contribution in [0.25, 0.3) is 0 Å². The molecule has 0 unspecified atom stereocenters. The lowest BCUT2D eigenvalue weighted by molar-refractivity contribution is 0.154. The predicted octanol–water partition coefficient (Wildman–Crippen LogP) is 2.43. The Morgan fingerprint density at radius 2 is 1.74 bits per heavy atom. The summed E-state index contributed by atoms with van der Waals surface area (Å²) in [7, 11) is 4.73. The Labute approximate surface area is 158 Å². The zero-order valence-corrected chi connectivity index (χ0v) is 15.7. The molecule has 0 fully saturated rings. The van der Waals surface area contributed by atoms with Crippen LogP contribution in [0, 0.1) is 0 Å². The van der Waals surface area contributed by atoms with Crippen molar-refractivity contribution in [2.75, 3.05) is 28.1 Å². The molecule has 2 aromatic carbocycles. The second-order valence-corrected chi connectivity index (χ2v) is 6.31. The first-order valence-corrected chi connectivity index (χ1v) is 8.68. The van der Waals surface area contributed by atoms with Gasteiger partial charge in [0.25, 0.3) is 0 Å². The molecule has 0 bridgehead atoms. The lowest BCUT2D eigenvalue weighted by Gasteiger charge is -2.19. The number of aliphatic hydroxyl groups is 1. The number of aliphatic hydroxyl groups excluding tert-OH is 1. The zero-order chi connectivity index (χ0) is 19.4. The topological polar surface area (TPSA) is 92.4 Å². The molecule has 1 aliphatic rings. The minimum Gasteiger partial charge on any atom is -0.497 e.